The molecule has 1 saturated heterocycles. The Bertz CT molecular complexity index is 1970. The van der Waals surface area contributed by atoms with E-state index in [2.05, 4.69) is 33.9 Å². The van der Waals surface area contributed by atoms with Gasteiger partial charge in [0, 0.05) is 61.2 Å². The summed E-state index contributed by atoms with van der Waals surface area (Å²) >= 11 is 0. The molecule has 1 aromatic carbocycles. The minimum atomic E-state index is -1.03. The topological polar surface area (TPSA) is 191 Å². The monoisotopic (exact) mass is 919 g/mol. The third-order valence-corrected chi connectivity index (χ3v) is 19.5. The molecule has 352 valence electrons. The van der Waals surface area contributed by atoms with E-state index in [1.165, 1.54) is 39.0 Å². The number of ether oxygens (including phenoxy) is 2. The van der Waals surface area contributed by atoms with Crippen LogP contribution in [0.3, 0.4) is 0 Å². The Morgan fingerprint density at radius 2 is 1.88 bits per heavy atom. The van der Waals surface area contributed by atoms with Crippen LogP contribution >= 0.6 is 21.6 Å². The van der Waals surface area contributed by atoms with Crippen molar-refractivity contribution in [2.45, 2.75) is 183 Å². The Morgan fingerprint density at radius 1 is 1.03 bits per heavy atom. The van der Waals surface area contributed by atoms with Crippen molar-refractivity contribution < 1.29 is 34.7 Å². The van der Waals surface area contributed by atoms with Crippen molar-refractivity contribution in [3.8, 4) is 23.3 Å². The number of carbonyl (C=O) groups excluding carboxylic acids is 1. The number of esters is 1. The molecule has 4 heterocycles. The number of rotatable bonds is 2. The lowest BCUT2D eigenvalue weighted by atomic mass is 9.64. The van der Waals surface area contributed by atoms with Crippen LogP contribution in [-0.2, 0) is 22.6 Å². The summed E-state index contributed by atoms with van der Waals surface area (Å²) in [7, 11) is 3.89. The van der Waals surface area contributed by atoms with E-state index in [4.69, 9.17) is 20.2 Å². The summed E-state index contributed by atoms with van der Waals surface area (Å²) in [5, 5.41) is 58.4. The van der Waals surface area contributed by atoms with Crippen LogP contribution in [0.2, 0.25) is 0 Å². The predicted octanol–water partition coefficient (Wildman–Crippen LogP) is 6.02. The van der Waals surface area contributed by atoms with Gasteiger partial charge in [0.2, 0.25) is 0 Å². The number of aliphatic hydroxyl groups excluding tert-OH is 3. The highest BCUT2D eigenvalue weighted by Crippen LogP contribution is 2.53. The van der Waals surface area contributed by atoms with E-state index < -0.39 is 41.7 Å². The van der Waals surface area contributed by atoms with Crippen LogP contribution in [0.1, 0.15) is 134 Å². The average molecular weight is 920 g/mol. The van der Waals surface area contributed by atoms with E-state index in [9.17, 15) is 25.2 Å². The number of aliphatic imine (C=N–C) groups is 1. The van der Waals surface area contributed by atoms with E-state index in [-0.39, 0.29) is 53.8 Å². The lowest BCUT2D eigenvalue weighted by molar-refractivity contribution is -0.152. The smallest absolute Gasteiger partial charge is 0.302 e. The van der Waals surface area contributed by atoms with E-state index >= 15 is 0 Å². The summed E-state index contributed by atoms with van der Waals surface area (Å²) in [6.45, 7) is 2.79. The number of hydrogen-bond donors (Lipinski definition) is 8. The number of benzene rings is 1. The Morgan fingerprint density at radius 3 is 2.70 bits per heavy atom. The summed E-state index contributed by atoms with van der Waals surface area (Å²) < 4.78 is 13.0. The summed E-state index contributed by atoms with van der Waals surface area (Å²) in [6.07, 6.45) is 18.1. The van der Waals surface area contributed by atoms with Gasteiger partial charge in [-0.2, -0.15) is 0 Å². The molecule has 9 aliphatic rings. The van der Waals surface area contributed by atoms with Gasteiger partial charge >= 0.3 is 5.97 Å². The fourth-order valence-electron chi connectivity index (χ4n) is 13.9. The van der Waals surface area contributed by atoms with E-state index in [1.807, 2.05) is 33.7 Å². The number of hydrogen-bond acceptors (Lipinski definition) is 14. The quantitative estimate of drug-likeness (QED) is 0.0745. The molecule has 12 unspecified atom stereocenters. The average Bonchev–Trinajstić information content (AvgIpc) is 3.70. The molecule has 12 atom stereocenters. The maximum absolute atomic E-state index is 13.0. The number of phenolic OH excluding ortho intramolecular Hbond substituents is 1. The number of aromatic hydroxyl groups is 1. The SMILES string of the molecule is CC(=O)OC1CC(O)CCC23C#CC4CC5CCC(NCCSSCC6(CCCC7(CCCC7)C6)NC(N)=NC2C=CCC3O)C2(C5)CC(CCN2)Oc2cc(c(CO)cc2O)CC41. The van der Waals surface area contributed by atoms with Crippen molar-refractivity contribution in [3.05, 3.63) is 35.4 Å². The Labute approximate surface area is 388 Å². The molecule has 64 heavy (non-hydrogen) atoms. The van der Waals surface area contributed by atoms with Crippen molar-refractivity contribution in [2.24, 2.45) is 39.3 Å². The van der Waals surface area contributed by atoms with Gasteiger partial charge in [0.15, 0.2) is 17.5 Å². The van der Waals surface area contributed by atoms with Gasteiger partial charge in [-0.25, -0.2) is 4.99 Å². The molecular weight excluding hydrogens is 847 g/mol. The number of nitrogens with zero attached hydrogens (tertiary/aromatic N) is 1. The van der Waals surface area contributed by atoms with Crippen molar-refractivity contribution in [2.75, 3.05) is 24.6 Å². The molecule has 4 aliphatic heterocycles. The van der Waals surface area contributed by atoms with Crippen LogP contribution < -0.4 is 26.4 Å². The van der Waals surface area contributed by atoms with Crippen LogP contribution in [0.5, 0.6) is 11.5 Å². The van der Waals surface area contributed by atoms with Crippen molar-refractivity contribution >= 4 is 33.5 Å². The van der Waals surface area contributed by atoms with Gasteiger partial charge in [0.05, 0.1) is 35.8 Å². The molecule has 1 aromatic rings. The molecule has 0 aromatic heterocycles. The number of piperidine rings is 1. The molecule has 9 N–H and O–H groups in total. The van der Waals surface area contributed by atoms with Gasteiger partial charge in [-0.1, -0.05) is 64.8 Å². The highest BCUT2D eigenvalue weighted by Gasteiger charge is 2.51. The molecule has 10 rings (SSSR count). The normalized spacial score (nSPS) is 40.1. The summed E-state index contributed by atoms with van der Waals surface area (Å²) in [5.74, 6) is 9.36. The molecular formula is C50H73N5O7S2. The second-order valence-corrected chi connectivity index (χ2v) is 23.8. The summed E-state index contributed by atoms with van der Waals surface area (Å²) in [4.78, 5) is 18.3. The first kappa shape index (κ1) is 46.5. The first-order chi connectivity index (χ1) is 30.9. The number of guanidine groups is 1. The van der Waals surface area contributed by atoms with Gasteiger partial charge in [0.25, 0.3) is 0 Å². The molecule has 0 amide bonds. The Balaban J connectivity index is 1.20. The number of carbonyl (C=O) groups is 1. The first-order valence-corrected chi connectivity index (χ1v) is 27.1. The fourth-order valence-corrected chi connectivity index (χ4v) is 16.4. The van der Waals surface area contributed by atoms with Gasteiger partial charge in [0.1, 0.15) is 12.2 Å². The van der Waals surface area contributed by atoms with E-state index in [0.717, 1.165) is 87.9 Å². The molecule has 14 heteroatoms. The maximum Gasteiger partial charge on any atom is 0.302 e. The van der Waals surface area contributed by atoms with E-state index in [1.54, 1.807) is 6.07 Å². The van der Waals surface area contributed by atoms with Gasteiger partial charge < -0.3 is 51.6 Å². The largest absolute Gasteiger partial charge is 0.504 e. The lowest BCUT2D eigenvalue weighted by Crippen LogP contribution is -2.66. The third-order valence-electron chi connectivity index (χ3n) is 16.9. The van der Waals surface area contributed by atoms with Crippen molar-refractivity contribution in [1.29, 1.82) is 0 Å². The number of phenols is 1. The Kier molecular flexibility index (Phi) is 14.2. The zero-order valence-electron chi connectivity index (χ0n) is 37.8. The number of nitrogens with two attached hydrogens (primary N) is 1. The molecule has 4 spiro atoms. The fraction of sp³-hybridized carbons (Fsp3) is 0.760. The van der Waals surface area contributed by atoms with Crippen LogP contribution in [-0.4, -0.2) is 105 Å². The minimum Gasteiger partial charge on any atom is -0.504 e. The highest BCUT2D eigenvalue weighted by atomic mass is 33.1. The Hall–Kier alpha value is -2.64. The van der Waals surface area contributed by atoms with E-state index in [0.29, 0.717) is 48.4 Å². The van der Waals surface area contributed by atoms with Crippen molar-refractivity contribution in [1.82, 2.24) is 16.0 Å². The molecule has 3 saturated carbocycles. The van der Waals surface area contributed by atoms with Gasteiger partial charge in [-0.15, -0.1) is 0 Å². The lowest BCUT2D eigenvalue weighted by Gasteiger charge is -2.52. The predicted molar refractivity (Wildman–Crippen MR) is 254 cm³/mol. The van der Waals surface area contributed by atoms with Crippen molar-refractivity contribution in [3.63, 3.8) is 0 Å². The summed E-state index contributed by atoms with van der Waals surface area (Å²) in [5.41, 5.74) is 7.27. The number of aliphatic hydroxyl groups is 3. The zero-order chi connectivity index (χ0) is 44.5. The van der Waals surface area contributed by atoms with Crippen LogP contribution in [0, 0.1) is 40.4 Å². The minimum absolute atomic E-state index is 0.0114. The zero-order valence-corrected chi connectivity index (χ0v) is 39.5. The molecule has 8 bridgehead atoms. The maximum atomic E-state index is 13.0. The number of nitrogens with one attached hydrogen (secondary N) is 3. The van der Waals surface area contributed by atoms with Crippen LogP contribution in [0.25, 0.3) is 0 Å². The summed E-state index contributed by atoms with van der Waals surface area (Å²) in [6, 6.07) is 3.13. The van der Waals surface area contributed by atoms with Gasteiger partial charge in [-0.3, -0.25) is 4.79 Å². The van der Waals surface area contributed by atoms with Crippen LogP contribution in [0.4, 0.5) is 0 Å². The first-order valence-electron chi connectivity index (χ1n) is 24.6. The second kappa shape index (κ2) is 19.5. The molecule has 5 aliphatic carbocycles. The molecule has 12 nitrogen and oxygen atoms in total. The standard InChI is InChI=1S/C50H73N5O7S2/c1-32(57)61-41-26-37(58)11-18-49-17-10-34-22-33-8-9-44(50(27-33)28-38(12-19-53-50)62-42-25-35(23-39(34)41)36(29-56)24-40(42)59)52-20-21-63-64-31-48(16-5-15-47(30-48)13-2-3-14-47)55-46(51)54-43(49)6-4-7-45(49)60/h4,6,24-25,33-34,37-39,41,43-45,52-53,56,58-60H,2-3,5,7-9,11-16,18-23,26-31H2,1H3,(H3,51,54,55). The van der Waals surface area contributed by atoms with Gasteiger partial charge in [-0.05, 0) is 131 Å². The number of fused-ring (bicyclic) bond motifs is 10. The highest BCUT2D eigenvalue weighted by molar-refractivity contribution is 8.76. The molecule has 4 fully saturated rings. The third kappa shape index (κ3) is 9.84. The molecule has 0 radical (unpaired) electrons. The second-order valence-electron chi connectivity index (χ2n) is 21.2. The van der Waals surface area contributed by atoms with Crippen LogP contribution in [0.15, 0.2) is 29.3 Å².